The molecular formula is C16H17ClN4. The molecule has 0 N–H and O–H groups in total. The standard InChI is InChI=1S/C16H17ClN4/c1-11(2)21-16(14(17)12(3)19-21)20-10-9-18-15(20)13-7-5-4-6-8-13/h4-11H,1-3H3. The second-order valence-corrected chi connectivity index (χ2v) is 5.63. The topological polar surface area (TPSA) is 35.6 Å². The van der Waals surface area contributed by atoms with Gasteiger partial charge < -0.3 is 0 Å². The number of aryl methyl sites for hydroxylation is 1. The van der Waals surface area contributed by atoms with Crippen LogP contribution in [-0.2, 0) is 0 Å². The van der Waals surface area contributed by atoms with Crippen molar-refractivity contribution in [1.82, 2.24) is 19.3 Å². The first-order valence-corrected chi connectivity index (χ1v) is 7.31. The number of benzene rings is 1. The molecule has 0 aliphatic rings. The Kier molecular flexibility index (Phi) is 3.55. The molecule has 0 aliphatic heterocycles. The smallest absolute Gasteiger partial charge is 0.156 e. The molecule has 0 unspecified atom stereocenters. The third kappa shape index (κ3) is 2.36. The van der Waals surface area contributed by atoms with Crippen LogP contribution in [0.1, 0.15) is 25.6 Å². The zero-order chi connectivity index (χ0) is 15.0. The van der Waals surface area contributed by atoms with Crippen LogP contribution in [0.2, 0.25) is 5.02 Å². The normalized spacial score (nSPS) is 11.3. The molecule has 0 saturated carbocycles. The summed E-state index contributed by atoms with van der Waals surface area (Å²) >= 11 is 6.48. The summed E-state index contributed by atoms with van der Waals surface area (Å²) in [6.07, 6.45) is 3.70. The maximum absolute atomic E-state index is 6.48. The van der Waals surface area contributed by atoms with Crippen molar-refractivity contribution < 1.29 is 0 Å². The van der Waals surface area contributed by atoms with Gasteiger partial charge in [-0.25, -0.2) is 9.67 Å². The van der Waals surface area contributed by atoms with Crippen LogP contribution in [0.4, 0.5) is 0 Å². The van der Waals surface area contributed by atoms with Gasteiger partial charge in [0, 0.05) is 24.0 Å². The lowest BCUT2D eigenvalue weighted by molar-refractivity contribution is 0.519. The monoisotopic (exact) mass is 300 g/mol. The Balaban J connectivity index is 2.22. The van der Waals surface area contributed by atoms with E-state index in [-0.39, 0.29) is 6.04 Å². The molecule has 0 spiro atoms. The minimum Gasteiger partial charge on any atom is -0.283 e. The van der Waals surface area contributed by atoms with Gasteiger partial charge in [0.2, 0.25) is 0 Å². The van der Waals surface area contributed by atoms with Gasteiger partial charge in [0.15, 0.2) is 5.82 Å². The van der Waals surface area contributed by atoms with Crippen LogP contribution < -0.4 is 0 Å². The predicted octanol–water partition coefficient (Wildman–Crippen LogP) is 4.28. The van der Waals surface area contributed by atoms with Crippen molar-refractivity contribution in [3.05, 3.63) is 53.4 Å². The number of halogens is 1. The Morgan fingerprint density at radius 3 is 2.52 bits per heavy atom. The maximum Gasteiger partial charge on any atom is 0.156 e. The van der Waals surface area contributed by atoms with Gasteiger partial charge in [-0.1, -0.05) is 41.9 Å². The number of hydrogen-bond donors (Lipinski definition) is 0. The summed E-state index contributed by atoms with van der Waals surface area (Å²) in [5.74, 6) is 1.72. The molecule has 108 valence electrons. The van der Waals surface area contributed by atoms with Gasteiger partial charge in [0.05, 0.1) is 5.69 Å². The average Bonchev–Trinajstić information content (AvgIpc) is 3.06. The number of hydrogen-bond acceptors (Lipinski definition) is 2. The third-order valence-corrected chi connectivity index (χ3v) is 3.82. The highest BCUT2D eigenvalue weighted by atomic mass is 35.5. The largest absolute Gasteiger partial charge is 0.283 e. The average molecular weight is 301 g/mol. The first-order valence-electron chi connectivity index (χ1n) is 6.93. The minimum atomic E-state index is 0.220. The molecule has 5 heteroatoms. The van der Waals surface area contributed by atoms with Crippen molar-refractivity contribution >= 4 is 11.6 Å². The highest BCUT2D eigenvalue weighted by Crippen LogP contribution is 2.30. The quantitative estimate of drug-likeness (QED) is 0.724. The van der Waals surface area contributed by atoms with E-state index in [9.17, 15) is 0 Å². The molecular weight excluding hydrogens is 284 g/mol. The fraction of sp³-hybridized carbons (Fsp3) is 0.250. The van der Waals surface area contributed by atoms with Gasteiger partial charge >= 0.3 is 0 Å². The third-order valence-electron chi connectivity index (χ3n) is 3.38. The van der Waals surface area contributed by atoms with E-state index in [1.807, 2.05) is 52.7 Å². The molecule has 1 aromatic carbocycles. The van der Waals surface area contributed by atoms with E-state index >= 15 is 0 Å². The van der Waals surface area contributed by atoms with Crippen LogP contribution in [0.5, 0.6) is 0 Å². The summed E-state index contributed by atoms with van der Waals surface area (Å²) in [5, 5.41) is 5.20. The number of aromatic nitrogens is 4. The van der Waals surface area contributed by atoms with Crippen molar-refractivity contribution in [3.8, 4) is 17.2 Å². The Hall–Kier alpha value is -2.07. The molecule has 0 aliphatic carbocycles. The number of nitrogens with zero attached hydrogens (tertiary/aromatic N) is 4. The van der Waals surface area contributed by atoms with Gasteiger partial charge in [-0.05, 0) is 20.8 Å². The second kappa shape index (κ2) is 5.37. The van der Waals surface area contributed by atoms with Crippen molar-refractivity contribution in [3.63, 3.8) is 0 Å². The highest BCUT2D eigenvalue weighted by molar-refractivity contribution is 6.32. The zero-order valence-electron chi connectivity index (χ0n) is 12.3. The molecule has 21 heavy (non-hydrogen) atoms. The summed E-state index contributed by atoms with van der Waals surface area (Å²) in [4.78, 5) is 4.48. The molecule has 0 amide bonds. The SMILES string of the molecule is Cc1nn(C(C)C)c(-n2ccnc2-c2ccccc2)c1Cl. The molecule has 0 bridgehead atoms. The summed E-state index contributed by atoms with van der Waals surface area (Å²) in [6, 6.07) is 10.3. The van der Waals surface area contributed by atoms with E-state index in [0.717, 1.165) is 22.9 Å². The zero-order valence-corrected chi connectivity index (χ0v) is 13.0. The lowest BCUT2D eigenvalue weighted by Crippen LogP contribution is -2.10. The highest BCUT2D eigenvalue weighted by Gasteiger charge is 2.19. The van der Waals surface area contributed by atoms with Crippen LogP contribution in [0.25, 0.3) is 17.2 Å². The lowest BCUT2D eigenvalue weighted by atomic mass is 10.2. The first kappa shape index (κ1) is 13.9. The molecule has 0 atom stereocenters. The van der Waals surface area contributed by atoms with Crippen LogP contribution in [0.15, 0.2) is 42.7 Å². The van der Waals surface area contributed by atoms with E-state index in [1.54, 1.807) is 6.20 Å². The molecule has 2 aromatic heterocycles. The second-order valence-electron chi connectivity index (χ2n) is 5.25. The van der Waals surface area contributed by atoms with E-state index in [1.165, 1.54) is 0 Å². The molecule has 3 rings (SSSR count). The van der Waals surface area contributed by atoms with Gasteiger partial charge in [0.1, 0.15) is 10.8 Å². The number of rotatable bonds is 3. The Morgan fingerprint density at radius 2 is 1.86 bits per heavy atom. The molecule has 0 saturated heterocycles. The van der Waals surface area contributed by atoms with E-state index in [0.29, 0.717) is 5.02 Å². The van der Waals surface area contributed by atoms with E-state index in [4.69, 9.17) is 11.6 Å². The predicted molar refractivity (Wildman–Crippen MR) is 84.9 cm³/mol. The van der Waals surface area contributed by atoms with Gasteiger partial charge in [-0.3, -0.25) is 4.57 Å². The summed E-state index contributed by atoms with van der Waals surface area (Å²) in [5.41, 5.74) is 1.88. The molecule has 0 radical (unpaired) electrons. The van der Waals surface area contributed by atoms with Crippen molar-refractivity contribution in [1.29, 1.82) is 0 Å². The van der Waals surface area contributed by atoms with Crippen molar-refractivity contribution in [2.45, 2.75) is 26.8 Å². The number of imidazole rings is 1. The van der Waals surface area contributed by atoms with E-state index < -0.39 is 0 Å². The Bertz CT molecular complexity index is 756. The Labute approximate surface area is 129 Å². The fourth-order valence-electron chi connectivity index (χ4n) is 2.37. The van der Waals surface area contributed by atoms with Crippen LogP contribution >= 0.6 is 11.6 Å². The fourth-order valence-corrected chi connectivity index (χ4v) is 2.58. The molecule has 4 nitrogen and oxygen atoms in total. The van der Waals surface area contributed by atoms with Crippen molar-refractivity contribution in [2.24, 2.45) is 0 Å². The van der Waals surface area contributed by atoms with Crippen LogP contribution in [0, 0.1) is 6.92 Å². The molecule has 0 fully saturated rings. The first-order chi connectivity index (χ1) is 10.1. The summed E-state index contributed by atoms with van der Waals surface area (Å²) < 4.78 is 3.93. The molecule has 3 aromatic rings. The summed E-state index contributed by atoms with van der Waals surface area (Å²) in [6.45, 7) is 6.10. The minimum absolute atomic E-state index is 0.220. The van der Waals surface area contributed by atoms with Gasteiger partial charge in [0.25, 0.3) is 0 Å². The van der Waals surface area contributed by atoms with Crippen molar-refractivity contribution in [2.75, 3.05) is 0 Å². The van der Waals surface area contributed by atoms with Gasteiger partial charge in [-0.15, -0.1) is 0 Å². The Morgan fingerprint density at radius 1 is 1.14 bits per heavy atom. The lowest BCUT2D eigenvalue weighted by Gasteiger charge is -2.14. The maximum atomic E-state index is 6.48. The van der Waals surface area contributed by atoms with E-state index in [2.05, 4.69) is 23.9 Å². The summed E-state index contributed by atoms with van der Waals surface area (Å²) in [7, 11) is 0. The van der Waals surface area contributed by atoms with Crippen LogP contribution in [-0.4, -0.2) is 19.3 Å². The van der Waals surface area contributed by atoms with Crippen LogP contribution in [0.3, 0.4) is 0 Å². The molecule has 2 heterocycles. The van der Waals surface area contributed by atoms with Gasteiger partial charge in [-0.2, -0.15) is 5.10 Å².